The van der Waals surface area contributed by atoms with Crippen LogP contribution >= 0.6 is 0 Å². The van der Waals surface area contributed by atoms with E-state index in [1.54, 1.807) is 17.2 Å². The van der Waals surface area contributed by atoms with Crippen molar-refractivity contribution in [1.82, 2.24) is 19.3 Å². The van der Waals surface area contributed by atoms with Crippen molar-refractivity contribution in [2.75, 3.05) is 4.72 Å². The van der Waals surface area contributed by atoms with E-state index in [1.807, 2.05) is 18.4 Å². The molecule has 0 aliphatic rings. The largest absolute Gasteiger partial charge is 0.335 e. The summed E-state index contributed by atoms with van der Waals surface area (Å²) in [6, 6.07) is 0. The van der Waals surface area contributed by atoms with Crippen LogP contribution in [0.25, 0.3) is 0 Å². The summed E-state index contributed by atoms with van der Waals surface area (Å²) in [5.74, 6) is 0.317. The van der Waals surface area contributed by atoms with Gasteiger partial charge in [0, 0.05) is 25.5 Å². The van der Waals surface area contributed by atoms with Gasteiger partial charge in [-0.3, -0.25) is 9.40 Å². The lowest BCUT2D eigenvalue weighted by molar-refractivity contribution is 0.600. The maximum atomic E-state index is 12.1. The van der Waals surface area contributed by atoms with E-state index in [4.69, 9.17) is 0 Å². The zero-order valence-electron chi connectivity index (χ0n) is 10.9. The summed E-state index contributed by atoms with van der Waals surface area (Å²) in [6.07, 6.45) is 7.06. The van der Waals surface area contributed by atoms with Gasteiger partial charge in [0.05, 0.1) is 12.5 Å². The number of imidazole rings is 1. The molecule has 0 amide bonds. The molecule has 19 heavy (non-hydrogen) atoms. The average Bonchev–Trinajstić information content (AvgIpc) is 2.98. The summed E-state index contributed by atoms with van der Waals surface area (Å²) in [6.45, 7) is 5.37. The van der Waals surface area contributed by atoms with Crippen LogP contribution in [0.5, 0.6) is 0 Å². The van der Waals surface area contributed by atoms with Gasteiger partial charge in [0.1, 0.15) is 4.90 Å². The predicted molar refractivity (Wildman–Crippen MR) is 71.2 cm³/mol. The zero-order chi connectivity index (χ0) is 13.9. The Morgan fingerprint density at radius 1 is 1.32 bits per heavy atom. The Hall–Kier alpha value is -1.83. The Labute approximate surface area is 112 Å². The lowest BCUT2D eigenvalue weighted by Crippen LogP contribution is -2.12. The number of hydrogen-bond donors (Lipinski definition) is 1. The minimum atomic E-state index is -3.61. The van der Waals surface area contributed by atoms with E-state index in [2.05, 4.69) is 14.8 Å². The van der Waals surface area contributed by atoms with Crippen molar-refractivity contribution in [3.8, 4) is 0 Å². The van der Waals surface area contributed by atoms with E-state index in [9.17, 15) is 8.42 Å². The number of sulfonamides is 1. The second-order valence-electron chi connectivity index (χ2n) is 4.13. The van der Waals surface area contributed by atoms with Crippen LogP contribution in [0.1, 0.15) is 20.3 Å². The van der Waals surface area contributed by atoms with Gasteiger partial charge in [-0.25, -0.2) is 13.4 Å². The number of hydrogen-bond acceptors (Lipinski definition) is 4. The van der Waals surface area contributed by atoms with E-state index < -0.39 is 10.0 Å². The highest BCUT2D eigenvalue weighted by molar-refractivity contribution is 7.92. The Balaban J connectivity index is 2.15. The van der Waals surface area contributed by atoms with Crippen LogP contribution in [0.3, 0.4) is 0 Å². The molecular weight excluding hydrogens is 266 g/mol. The van der Waals surface area contributed by atoms with Gasteiger partial charge >= 0.3 is 0 Å². The first-order valence-electron chi connectivity index (χ1n) is 6.12. The molecule has 0 saturated heterocycles. The monoisotopic (exact) mass is 283 g/mol. The SMILES string of the molecule is CCCn1cnc(NS(=O)(=O)c2cnn(CC)c2)c1. The van der Waals surface area contributed by atoms with Gasteiger partial charge in [-0.2, -0.15) is 5.10 Å². The second-order valence-corrected chi connectivity index (χ2v) is 5.82. The number of aromatic nitrogens is 4. The van der Waals surface area contributed by atoms with Crippen LogP contribution < -0.4 is 4.72 Å². The van der Waals surface area contributed by atoms with E-state index in [0.29, 0.717) is 12.4 Å². The highest BCUT2D eigenvalue weighted by Gasteiger charge is 2.17. The van der Waals surface area contributed by atoms with Crippen LogP contribution in [-0.2, 0) is 23.1 Å². The van der Waals surface area contributed by atoms with Crippen LogP contribution in [-0.4, -0.2) is 27.7 Å². The fourth-order valence-corrected chi connectivity index (χ4v) is 2.59. The van der Waals surface area contributed by atoms with Crippen LogP contribution in [0.15, 0.2) is 29.8 Å². The molecule has 0 spiro atoms. The summed E-state index contributed by atoms with van der Waals surface area (Å²) in [7, 11) is -3.61. The molecule has 104 valence electrons. The highest BCUT2D eigenvalue weighted by Crippen LogP contribution is 2.13. The molecule has 2 aromatic heterocycles. The third-order valence-corrected chi connectivity index (χ3v) is 3.91. The maximum absolute atomic E-state index is 12.1. The van der Waals surface area contributed by atoms with Gasteiger partial charge < -0.3 is 4.57 Å². The summed E-state index contributed by atoms with van der Waals surface area (Å²) >= 11 is 0. The van der Waals surface area contributed by atoms with Crippen molar-refractivity contribution in [3.63, 3.8) is 0 Å². The number of anilines is 1. The van der Waals surface area contributed by atoms with E-state index in [1.165, 1.54) is 12.4 Å². The van der Waals surface area contributed by atoms with Crippen LogP contribution in [0.2, 0.25) is 0 Å². The molecule has 7 nitrogen and oxygen atoms in total. The standard InChI is InChI=1S/C11H17N5O2S/c1-3-5-15-8-11(12-9-15)14-19(17,18)10-6-13-16(4-2)7-10/h6-9,14H,3-5H2,1-2H3. The Morgan fingerprint density at radius 3 is 2.74 bits per heavy atom. The molecular formula is C11H17N5O2S. The number of nitrogens with zero attached hydrogens (tertiary/aromatic N) is 4. The first-order chi connectivity index (χ1) is 9.05. The number of rotatable bonds is 6. The first-order valence-corrected chi connectivity index (χ1v) is 7.60. The van der Waals surface area contributed by atoms with Crippen LogP contribution in [0.4, 0.5) is 5.82 Å². The lowest BCUT2D eigenvalue weighted by atomic mass is 10.5. The van der Waals surface area contributed by atoms with Gasteiger partial charge in [-0.1, -0.05) is 6.92 Å². The third-order valence-electron chi connectivity index (χ3n) is 2.60. The first kappa shape index (κ1) is 13.6. The molecule has 2 aromatic rings. The van der Waals surface area contributed by atoms with Gasteiger partial charge in [-0.15, -0.1) is 0 Å². The molecule has 2 heterocycles. The molecule has 0 radical (unpaired) electrons. The zero-order valence-corrected chi connectivity index (χ0v) is 11.8. The molecule has 0 aliphatic heterocycles. The van der Waals surface area contributed by atoms with Gasteiger partial charge in [0.2, 0.25) is 0 Å². The summed E-state index contributed by atoms with van der Waals surface area (Å²) < 4.78 is 30.0. The predicted octanol–water partition coefficient (Wildman–Crippen LogP) is 1.31. The van der Waals surface area contributed by atoms with Crippen molar-refractivity contribution in [2.45, 2.75) is 38.3 Å². The fourth-order valence-electron chi connectivity index (χ4n) is 1.65. The maximum Gasteiger partial charge on any atom is 0.266 e. The van der Waals surface area contributed by atoms with E-state index in [0.717, 1.165) is 13.0 Å². The van der Waals surface area contributed by atoms with Gasteiger partial charge in [-0.05, 0) is 13.3 Å². The van der Waals surface area contributed by atoms with Crippen molar-refractivity contribution < 1.29 is 8.42 Å². The second kappa shape index (κ2) is 5.43. The number of nitrogens with one attached hydrogen (secondary N) is 1. The van der Waals surface area contributed by atoms with Crippen molar-refractivity contribution >= 4 is 15.8 Å². The highest BCUT2D eigenvalue weighted by atomic mass is 32.2. The van der Waals surface area contributed by atoms with E-state index >= 15 is 0 Å². The van der Waals surface area contributed by atoms with Gasteiger partial charge in [0.25, 0.3) is 10.0 Å². The average molecular weight is 283 g/mol. The van der Waals surface area contributed by atoms with Gasteiger partial charge in [0.15, 0.2) is 5.82 Å². The molecule has 0 atom stereocenters. The molecule has 0 fully saturated rings. The minimum Gasteiger partial charge on any atom is -0.335 e. The molecule has 1 N–H and O–H groups in total. The van der Waals surface area contributed by atoms with Crippen molar-refractivity contribution in [2.24, 2.45) is 0 Å². The molecule has 0 bridgehead atoms. The molecule has 0 aliphatic carbocycles. The smallest absolute Gasteiger partial charge is 0.266 e. The van der Waals surface area contributed by atoms with Crippen molar-refractivity contribution in [1.29, 1.82) is 0 Å². The normalized spacial score (nSPS) is 11.7. The third kappa shape index (κ3) is 3.14. The molecule has 2 rings (SSSR count). The van der Waals surface area contributed by atoms with E-state index in [-0.39, 0.29) is 4.90 Å². The van der Waals surface area contributed by atoms with Crippen molar-refractivity contribution in [3.05, 3.63) is 24.9 Å². The minimum absolute atomic E-state index is 0.138. The topological polar surface area (TPSA) is 81.8 Å². The lowest BCUT2D eigenvalue weighted by Gasteiger charge is -2.02. The molecule has 0 unspecified atom stereocenters. The fraction of sp³-hybridized carbons (Fsp3) is 0.455. The molecule has 8 heteroatoms. The summed E-state index contributed by atoms with van der Waals surface area (Å²) in [4.78, 5) is 4.16. The van der Waals surface area contributed by atoms with Crippen LogP contribution in [0, 0.1) is 0 Å². The Morgan fingerprint density at radius 2 is 2.11 bits per heavy atom. The Bertz CT molecular complexity index is 644. The number of aryl methyl sites for hydroxylation is 2. The summed E-state index contributed by atoms with van der Waals surface area (Å²) in [5.41, 5.74) is 0. The Kier molecular flexibility index (Phi) is 3.89. The molecule has 0 saturated carbocycles. The summed E-state index contributed by atoms with van der Waals surface area (Å²) in [5, 5.41) is 3.95. The quantitative estimate of drug-likeness (QED) is 0.866. The molecule has 0 aromatic carbocycles.